The molecule has 3 heterocycles. The van der Waals surface area contributed by atoms with Crippen molar-refractivity contribution in [2.75, 3.05) is 11.4 Å². The monoisotopic (exact) mass is 431 g/mol. The van der Waals surface area contributed by atoms with Crippen LogP contribution >= 0.6 is 0 Å². The van der Waals surface area contributed by atoms with Crippen LogP contribution in [0.4, 0.5) is 5.69 Å². The SMILES string of the molecule is CCCn1c(=O)c(=O)[nH]c2cc(-c3noc([C@@H]4CC(=O)N(c5ccccc5)C4)n3)ccc21. The van der Waals surface area contributed by atoms with Gasteiger partial charge in [0.1, 0.15) is 0 Å². The number of hydrogen-bond donors (Lipinski definition) is 1. The highest BCUT2D eigenvalue weighted by Crippen LogP contribution is 2.32. The van der Waals surface area contributed by atoms with E-state index in [9.17, 15) is 14.4 Å². The molecule has 2 aromatic heterocycles. The van der Waals surface area contributed by atoms with Crippen LogP contribution in [0.5, 0.6) is 0 Å². The Hall–Kier alpha value is -4.01. The maximum absolute atomic E-state index is 12.5. The summed E-state index contributed by atoms with van der Waals surface area (Å²) in [5.74, 6) is 0.579. The van der Waals surface area contributed by atoms with Gasteiger partial charge >= 0.3 is 11.1 Å². The summed E-state index contributed by atoms with van der Waals surface area (Å²) in [7, 11) is 0. The lowest BCUT2D eigenvalue weighted by Crippen LogP contribution is -2.36. The second-order valence-corrected chi connectivity index (χ2v) is 7.84. The fourth-order valence-electron chi connectivity index (χ4n) is 4.11. The Morgan fingerprint density at radius 3 is 2.72 bits per heavy atom. The van der Waals surface area contributed by atoms with Crippen molar-refractivity contribution in [2.45, 2.75) is 32.2 Å². The van der Waals surface area contributed by atoms with E-state index in [1.807, 2.05) is 37.3 Å². The van der Waals surface area contributed by atoms with Crippen molar-refractivity contribution < 1.29 is 9.32 Å². The quantitative estimate of drug-likeness (QED) is 0.486. The van der Waals surface area contributed by atoms with Gasteiger partial charge in [0.05, 0.1) is 17.0 Å². The third-order valence-electron chi connectivity index (χ3n) is 5.66. The normalized spacial score (nSPS) is 16.2. The molecule has 0 bridgehead atoms. The number of aryl methyl sites for hydroxylation is 1. The van der Waals surface area contributed by atoms with Crippen LogP contribution in [0, 0.1) is 0 Å². The molecule has 1 saturated heterocycles. The first-order valence-electron chi connectivity index (χ1n) is 10.5. The van der Waals surface area contributed by atoms with Gasteiger partial charge in [-0.15, -0.1) is 0 Å². The summed E-state index contributed by atoms with van der Waals surface area (Å²) in [6.45, 7) is 2.87. The van der Waals surface area contributed by atoms with Crippen LogP contribution in [0.2, 0.25) is 0 Å². The number of fused-ring (bicyclic) bond motifs is 1. The van der Waals surface area contributed by atoms with E-state index in [2.05, 4.69) is 15.1 Å². The van der Waals surface area contributed by atoms with Crippen LogP contribution in [-0.2, 0) is 11.3 Å². The molecule has 4 aromatic rings. The number of H-pyrrole nitrogens is 1. The Morgan fingerprint density at radius 2 is 1.94 bits per heavy atom. The lowest BCUT2D eigenvalue weighted by atomic mass is 10.1. The Kier molecular flexibility index (Phi) is 4.93. The van der Waals surface area contributed by atoms with E-state index in [4.69, 9.17) is 4.52 Å². The number of para-hydroxylation sites is 1. The van der Waals surface area contributed by atoms with E-state index in [-0.39, 0.29) is 11.8 Å². The summed E-state index contributed by atoms with van der Waals surface area (Å²) >= 11 is 0. The van der Waals surface area contributed by atoms with Crippen LogP contribution in [0.1, 0.15) is 31.6 Å². The Balaban J connectivity index is 1.45. The summed E-state index contributed by atoms with van der Waals surface area (Å²) in [6, 6.07) is 14.8. The average Bonchev–Trinajstić information content (AvgIpc) is 3.44. The van der Waals surface area contributed by atoms with Gasteiger partial charge in [0.2, 0.25) is 17.6 Å². The molecule has 9 heteroatoms. The number of aromatic amines is 1. The second kappa shape index (κ2) is 7.92. The van der Waals surface area contributed by atoms with Crippen molar-refractivity contribution in [1.82, 2.24) is 19.7 Å². The first-order valence-corrected chi connectivity index (χ1v) is 10.5. The molecule has 1 amide bonds. The van der Waals surface area contributed by atoms with Gasteiger partial charge in [0, 0.05) is 30.8 Å². The summed E-state index contributed by atoms with van der Waals surface area (Å²) in [6.07, 6.45) is 1.03. The zero-order valence-corrected chi connectivity index (χ0v) is 17.4. The van der Waals surface area contributed by atoms with Crippen LogP contribution in [0.3, 0.4) is 0 Å². The zero-order valence-electron chi connectivity index (χ0n) is 17.4. The average molecular weight is 431 g/mol. The topological polar surface area (TPSA) is 114 Å². The first kappa shape index (κ1) is 19.9. The van der Waals surface area contributed by atoms with Crippen molar-refractivity contribution >= 4 is 22.6 Å². The van der Waals surface area contributed by atoms with E-state index < -0.39 is 11.1 Å². The number of nitrogens with one attached hydrogen (secondary N) is 1. The minimum atomic E-state index is -0.664. The minimum Gasteiger partial charge on any atom is -0.339 e. The lowest BCUT2D eigenvalue weighted by molar-refractivity contribution is -0.117. The highest BCUT2D eigenvalue weighted by molar-refractivity contribution is 5.96. The third-order valence-corrected chi connectivity index (χ3v) is 5.66. The van der Waals surface area contributed by atoms with Gasteiger partial charge in [0.15, 0.2) is 0 Å². The molecule has 0 aliphatic carbocycles. The highest BCUT2D eigenvalue weighted by atomic mass is 16.5. The van der Waals surface area contributed by atoms with E-state index in [0.717, 1.165) is 12.1 Å². The predicted octanol–water partition coefficient (Wildman–Crippen LogP) is 2.67. The Labute approximate surface area is 182 Å². The van der Waals surface area contributed by atoms with Crippen molar-refractivity contribution in [3.05, 3.63) is 75.1 Å². The number of nitrogens with zero attached hydrogens (tertiary/aromatic N) is 4. The smallest absolute Gasteiger partial charge is 0.316 e. The van der Waals surface area contributed by atoms with Gasteiger partial charge in [-0.2, -0.15) is 4.98 Å². The predicted molar refractivity (Wildman–Crippen MR) is 119 cm³/mol. The van der Waals surface area contributed by atoms with Gasteiger partial charge < -0.3 is 19.0 Å². The summed E-state index contributed by atoms with van der Waals surface area (Å²) in [5, 5.41) is 4.08. The summed E-state index contributed by atoms with van der Waals surface area (Å²) in [4.78, 5) is 45.6. The molecular weight excluding hydrogens is 410 g/mol. The zero-order chi connectivity index (χ0) is 22.2. The Morgan fingerprint density at radius 1 is 1.12 bits per heavy atom. The van der Waals surface area contributed by atoms with Gasteiger partial charge in [0.25, 0.3) is 0 Å². The number of carbonyl (C=O) groups excluding carboxylic acids is 1. The molecule has 0 saturated carbocycles. The first-order chi connectivity index (χ1) is 15.5. The van der Waals surface area contributed by atoms with Gasteiger partial charge in [-0.05, 0) is 36.8 Å². The molecule has 9 nitrogen and oxygen atoms in total. The molecule has 0 spiro atoms. The van der Waals surface area contributed by atoms with Gasteiger partial charge in [-0.3, -0.25) is 14.4 Å². The van der Waals surface area contributed by atoms with E-state index >= 15 is 0 Å². The number of rotatable bonds is 5. The Bertz CT molecular complexity index is 1420. The number of anilines is 1. The van der Waals surface area contributed by atoms with Crippen LogP contribution in [0.15, 0.2) is 62.6 Å². The fourth-order valence-corrected chi connectivity index (χ4v) is 4.11. The van der Waals surface area contributed by atoms with E-state index in [1.165, 1.54) is 4.57 Å². The molecule has 1 aliphatic rings. The van der Waals surface area contributed by atoms with Crippen LogP contribution in [0.25, 0.3) is 22.4 Å². The number of benzene rings is 2. The summed E-state index contributed by atoms with van der Waals surface area (Å²) < 4.78 is 6.96. The number of amides is 1. The molecule has 1 N–H and O–H groups in total. The number of carbonyl (C=O) groups is 1. The second-order valence-electron chi connectivity index (χ2n) is 7.84. The van der Waals surface area contributed by atoms with Crippen LogP contribution < -0.4 is 16.0 Å². The molecule has 32 heavy (non-hydrogen) atoms. The molecule has 0 radical (unpaired) electrons. The molecule has 1 aliphatic heterocycles. The van der Waals surface area contributed by atoms with Crippen LogP contribution in [-0.4, -0.2) is 32.1 Å². The van der Waals surface area contributed by atoms with E-state index in [1.54, 1.807) is 23.1 Å². The lowest BCUT2D eigenvalue weighted by Gasteiger charge is -2.15. The largest absolute Gasteiger partial charge is 0.339 e. The molecule has 162 valence electrons. The molecule has 1 fully saturated rings. The molecule has 2 aromatic carbocycles. The van der Waals surface area contributed by atoms with Crippen molar-refractivity contribution in [1.29, 1.82) is 0 Å². The number of aromatic nitrogens is 4. The maximum Gasteiger partial charge on any atom is 0.316 e. The highest BCUT2D eigenvalue weighted by Gasteiger charge is 2.35. The van der Waals surface area contributed by atoms with Crippen molar-refractivity contribution in [3.8, 4) is 11.4 Å². The molecule has 0 unspecified atom stereocenters. The standard InChI is InChI=1S/C23H21N5O4/c1-2-10-27-18-9-8-14(11-17(18)24-21(30)23(27)31)20-25-22(32-26-20)15-12-19(29)28(13-15)16-6-4-3-5-7-16/h3-9,11,15H,2,10,12-13H2,1H3,(H,24,30)/t15-/m1/s1. The van der Waals surface area contributed by atoms with E-state index in [0.29, 0.717) is 47.8 Å². The molecular formula is C23H21N5O4. The maximum atomic E-state index is 12.5. The fraction of sp³-hybridized carbons (Fsp3) is 0.261. The molecule has 5 rings (SSSR count). The molecule has 1 atom stereocenters. The van der Waals surface area contributed by atoms with Crippen molar-refractivity contribution in [3.63, 3.8) is 0 Å². The van der Waals surface area contributed by atoms with Gasteiger partial charge in [-0.1, -0.05) is 30.3 Å². The van der Waals surface area contributed by atoms with Gasteiger partial charge in [-0.25, -0.2) is 0 Å². The third kappa shape index (κ3) is 3.41. The minimum absolute atomic E-state index is 0.0122. The van der Waals surface area contributed by atoms with Crippen molar-refractivity contribution in [2.24, 2.45) is 0 Å². The summed E-state index contributed by atoms with van der Waals surface area (Å²) in [5.41, 5.74) is 1.43. The number of hydrogen-bond acceptors (Lipinski definition) is 6.